The number of aliphatic carboxylic acids is 1. The summed E-state index contributed by atoms with van der Waals surface area (Å²) in [6.07, 6.45) is -0.427. The summed E-state index contributed by atoms with van der Waals surface area (Å²) in [5.74, 6) is -1.03. The number of aliphatic hydroxyl groups excluding tert-OH is 1. The molecule has 2 saturated heterocycles. The second-order valence-electron chi connectivity index (χ2n) is 11.8. The summed E-state index contributed by atoms with van der Waals surface area (Å²) in [4.78, 5) is 27.9. The van der Waals surface area contributed by atoms with Crippen LogP contribution in [0.3, 0.4) is 0 Å². The second kappa shape index (κ2) is 15.4. The Hall–Kier alpha value is -3.60. The number of anilines is 1. The van der Waals surface area contributed by atoms with Gasteiger partial charge in [-0.3, -0.25) is 19.4 Å². The number of carboxylic acids is 1. The number of piperazine rings is 1. The fourth-order valence-corrected chi connectivity index (χ4v) is 5.90. The van der Waals surface area contributed by atoms with E-state index in [-0.39, 0.29) is 43.5 Å². The van der Waals surface area contributed by atoms with E-state index in [4.69, 9.17) is 14.6 Å². The third-order valence-electron chi connectivity index (χ3n) is 8.54. The molecular weight excluding hydrogens is 558 g/mol. The van der Waals surface area contributed by atoms with E-state index in [0.717, 1.165) is 56.0 Å². The number of nitrogens with zero attached hydrogens (tertiary/aromatic N) is 2. The lowest BCUT2D eigenvalue weighted by atomic mass is 9.90. The minimum atomic E-state index is -0.907. The van der Waals surface area contributed by atoms with E-state index in [1.165, 1.54) is 5.56 Å². The molecular formula is C35H43N3O6. The van der Waals surface area contributed by atoms with Gasteiger partial charge in [-0.15, -0.1) is 0 Å². The van der Waals surface area contributed by atoms with Crippen LogP contribution in [-0.4, -0.2) is 70.7 Å². The number of carbonyl (C=O) groups excluding carboxylic acids is 1. The number of carbonyl (C=O) groups is 2. The first kappa shape index (κ1) is 31.8. The summed E-state index contributed by atoms with van der Waals surface area (Å²) >= 11 is 0. The molecule has 2 aliphatic rings. The van der Waals surface area contributed by atoms with Gasteiger partial charge in [0.1, 0.15) is 0 Å². The lowest BCUT2D eigenvalue weighted by Crippen LogP contribution is -2.51. The number of aliphatic hydroxyl groups is 1. The minimum absolute atomic E-state index is 0.00554. The zero-order valence-corrected chi connectivity index (χ0v) is 25.3. The van der Waals surface area contributed by atoms with Gasteiger partial charge in [-0.05, 0) is 35.2 Å². The maximum atomic E-state index is 12.2. The minimum Gasteiger partial charge on any atom is -0.481 e. The zero-order valence-electron chi connectivity index (χ0n) is 25.3. The smallest absolute Gasteiger partial charge is 0.303 e. The highest BCUT2D eigenvalue weighted by molar-refractivity contribution is 5.90. The monoisotopic (exact) mass is 601 g/mol. The van der Waals surface area contributed by atoms with Crippen LogP contribution in [0.1, 0.15) is 60.8 Å². The van der Waals surface area contributed by atoms with Crippen LogP contribution in [0.15, 0.2) is 78.9 Å². The topological polar surface area (TPSA) is 112 Å². The molecule has 2 heterocycles. The Morgan fingerprint density at radius 2 is 1.48 bits per heavy atom. The molecule has 0 aliphatic carbocycles. The van der Waals surface area contributed by atoms with Crippen molar-refractivity contribution in [3.63, 3.8) is 0 Å². The standard InChI is InChI=1S/C35H43N3O6/c1-25-31(23-38-20-18-37(19-21-38)22-26-6-3-2-4-7-26)43-35(44-34(25)28-12-10-27(24-39)11-13-28)29-14-16-30(17-15-29)36-32(40)8-5-9-33(41)42/h2-4,6-7,10-17,25,31,34-35,39H,5,8-9,18-24H2,1H3,(H,36,40)(H,41,42)/t25-,31+,34+,35+/m0/s1. The normalized spacial score (nSPS) is 22.9. The van der Waals surface area contributed by atoms with Gasteiger partial charge in [-0.2, -0.15) is 0 Å². The average molecular weight is 602 g/mol. The van der Waals surface area contributed by atoms with Crippen LogP contribution in [0.2, 0.25) is 0 Å². The first-order chi connectivity index (χ1) is 21.4. The molecule has 3 N–H and O–H groups in total. The molecule has 3 aromatic rings. The number of nitrogens with one attached hydrogen (secondary N) is 1. The molecule has 0 unspecified atom stereocenters. The van der Waals surface area contributed by atoms with Crippen LogP contribution in [-0.2, 0) is 32.2 Å². The number of hydrogen-bond donors (Lipinski definition) is 3. The zero-order chi connectivity index (χ0) is 30.9. The summed E-state index contributed by atoms with van der Waals surface area (Å²) in [5, 5.41) is 21.2. The van der Waals surface area contributed by atoms with E-state index in [0.29, 0.717) is 12.1 Å². The van der Waals surface area contributed by atoms with Crippen LogP contribution in [0.4, 0.5) is 5.69 Å². The van der Waals surface area contributed by atoms with Crippen LogP contribution >= 0.6 is 0 Å². The number of rotatable bonds is 12. The lowest BCUT2D eigenvalue weighted by Gasteiger charge is -2.44. The molecule has 44 heavy (non-hydrogen) atoms. The van der Waals surface area contributed by atoms with Gasteiger partial charge < -0.3 is 25.0 Å². The van der Waals surface area contributed by atoms with Gasteiger partial charge in [0.15, 0.2) is 6.29 Å². The molecule has 0 saturated carbocycles. The highest BCUT2D eigenvalue weighted by atomic mass is 16.7. The highest BCUT2D eigenvalue weighted by Crippen LogP contribution is 2.42. The second-order valence-corrected chi connectivity index (χ2v) is 11.8. The van der Waals surface area contributed by atoms with Crippen LogP contribution < -0.4 is 5.32 Å². The Morgan fingerprint density at radius 3 is 2.14 bits per heavy atom. The first-order valence-corrected chi connectivity index (χ1v) is 15.5. The molecule has 3 aromatic carbocycles. The number of carboxylic acid groups (broad SMARTS) is 1. The van der Waals surface area contributed by atoms with Crippen LogP contribution in [0.25, 0.3) is 0 Å². The number of hydrogen-bond acceptors (Lipinski definition) is 7. The molecule has 0 radical (unpaired) electrons. The summed E-state index contributed by atoms with van der Waals surface area (Å²) in [5.41, 5.74) is 4.74. The van der Waals surface area contributed by atoms with Crippen molar-refractivity contribution in [3.8, 4) is 0 Å². The molecule has 9 nitrogen and oxygen atoms in total. The summed E-state index contributed by atoms with van der Waals surface area (Å²) in [7, 11) is 0. The molecule has 9 heteroatoms. The van der Waals surface area contributed by atoms with E-state index in [1.807, 2.05) is 48.5 Å². The van der Waals surface area contributed by atoms with Crippen molar-refractivity contribution in [2.24, 2.45) is 5.92 Å². The quantitative estimate of drug-likeness (QED) is 0.267. The maximum absolute atomic E-state index is 12.2. The van der Waals surface area contributed by atoms with Crippen molar-refractivity contribution in [1.82, 2.24) is 9.80 Å². The molecule has 2 aliphatic heterocycles. The summed E-state index contributed by atoms with van der Waals surface area (Å²) in [6, 6.07) is 26.0. The highest BCUT2D eigenvalue weighted by Gasteiger charge is 2.39. The first-order valence-electron chi connectivity index (χ1n) is 15.5. The van der Waals surface area contributed by atoms with Crippen molar-refractivity contribution in [3.05, 3.63) is 101 Å². The number of ether oxygens (including phenoxy) is 2. The van der Waals surface area contributed by atoms with E-state index >= 15 is 0 Å². The summed E-state index contributed by atoms with van der Waals surface area (Å²) < 4.78 is 13.2. The molecule has 234 valence electrons. The molecule has 2 fully saturated rings. The van der Waals surface area contributed by atoms with E-state index in [1.54, 1.807) is 0 Å². The lowest BCUT2D eigenvalue weighted by molar-refractivity contribution is -0.276. The van der Waals surface area contributed by atoms with Crippen molar-refractivity contribution >= 4 is 17.6 Å². The van der Waals surface area contributed by atoms with Gasteiger partial charge in [0, 0.05) is 69.3 Å². The molecule has 1 amide bonds. The van der Waals surface area contributed by atoms with Crippen LogP contribution in [0, 0.1) is 5.92 Å². The predicted octanol–water partition coefficient (Wildman–Crippen LogP) is 4.98. The Balaban J connectivity index is 1.24. The average Bonchev–Trinajstić information content (AvgIpc) is 3.04. The SMILES string of the molecule is C[C@H]1[C@@H](CN2CCN(Cc3ccccc3)CC2)O[C@@H](c2ccc(NC(=O)CCCC(=O)O)cc2)O[C@H]1c1ccc(CO)cc1. The third-order valence-corrected chi connectivity index (χ3v) is 8.54. The Morgan fingerprint density at radius 1 is 0.818 bits per heavy atom. The largest absolute Gasteiger partial charge is 0.481 e. The molecule has 0 spiro atoms. The van der Waals surface area contributed by atoms with Gasteiger partial charge in [0.25, 0.3) is 0 Å². The summed E-state index contributed by atoms with van der Waals surface area (Å²) in [6.45, 7) is 7.90. The molecule has 5 rings (SSSR count). The maximum Gasteiger partial charge on any atom is 0.303 e. The molecule has 0 bridgehead atoms. The van der Waals surface area contributed by atoms with Gasteiger partial charge in [-0.25, -0.2) is 0 Å². The Bertz CT molecular complexity index is 1340. The fourth-order valence-electron chi connectivity index (χ4n) is 5.90. The Labute approximate surface area is 259 Å². The number of amides is 1. The van der Waals surface area contributed by atoms with Crippen LogP contribution in [0.5, 0.6) is 0 Å². The fraction of sp³-hybridized carbons (Fsp3) is 0.429. The predicted molar refractivity (Wildman–Crippen MR) is 168 cm³/mol. The molecule has 4 atom stereocenters. The van der Waals surface area contributed by atoms with Gasteiger partial charge >= 0.3 is 5.97 Å². The van der Waals surface area contributed by atoms with Crippen molar-refractivity contribution in [1.29, 1.82) is 0 Å². The van der Waals surface area contributed by atoms with Gasteiger partial charge in [0.05, 0.1) is 18.8 Å². The van der Waals surface area contributed by atoms with Crippen molar-refractivity contribution < 1.29 is 29.3 Å². The Kier molecular flexibility index (Phi) is 11.1. The third kappa shape index (κ3) is 8.74. The number of benzene rings is 3. The molecule has 0 aromatic heterocycles. The van der Waals surface area contributed by atoms with E-state index in [2.05, 4.69) is 52.4 Å². The van der Waals surface area contributed by atoms with E-state index < -0.39 is 12.3 Å². The van der Waals surface area contributed by atoms with Crippen molar-refractivity contribution in [2.45, 2.75) is 57.8 Å². The van der Waals surface area contributed by atoms with E-state index in [9.17, 15) is 14.7 Å². The van der Waals surface area contributed by atoms with Gasteiger partial charge in [-0.1, -0.05) is 73.7 Å². The van der Waals surface area contributed by atoms with Crippen molar-refractivity contribution in [2.75, 3.05) is 38.0 Å². The van der Waals surface area contributed by atoms with Gasteiger partial charge in [0.2, 0.25) is 5.91 Å².